The Morgan fingerprint density at radius 3 is 2.16 bits per heavy atom. The molecule has 2 aliphatic rings. The number of amides is 4. The maximum Gasteiger partial charge on any atom is 0.408 e. The number of ether oxygens (including phenoxy) is 2. The Hall–Kier alpha value is -3.67. The van der Waals surface area contributed by atoms with Crippen LogP contribution in [0, 0.1) is 5.92 Å². The molecule has 1 saturated heterocycles. The number of methoxy groups -OCH3 is 1. The minimum atomic E-state index is -1.36. The summed E-state index contributed by atoms with van der Waals surface area (Å²) in [5.74, 6) is -1.79. The fourth-order valence-corrected chi connectivity index (χ4v) is 5.87. The molecular formula is C32H49N5O7. The first-order valence-electron chi connectivity index (χ1n) is 15.3. The number of hydrogen-bond donors (Lipinski definition) is 3. The lowest BCUT2D eigenvalue weighted by Crippen LogP contribution is -2.65. The van der Waals surface area contributed by atoms with Crippen molar-refractivity contribution >= 4 is 29.8 Å². The van der Waals surface area contributed by atoms with Crippen molar-refractivity contribution in [1.82, 2.24) is 25.8 Å². The number of carbonyl (C=O) groups is 5. The van der Waals surface area contributed by atoms with Gasteiger partial charge in [-0.05, 0) is 71.2 Å². The predicted molar refractivity (Wildman–Crippen MR) is 165 cm³/mol. The minimum Gasteiger partial charge on any atom is -0.467 e. The van der Waals surface area contributed by atoms with Crippen LogP contribution in [0.1, 0.15) is 65.0 Å². The van der Waals surface area contributed by atoms with Crippen molar-refractivity contribution in [2.45, 2.75) is 96.0 Å². The van der Waals surface area contributed by atoms with Crippen molar-refractivity contribution in [3.63, 3.8) is 0 Å². The number of likely N-dealkylation sites (N-methyl/N-ethyl adjacent to an activating group) is 1. The standard InChI is InChI=1S/C32H49N5O7/c1-20(2)16-23(28(40)43-8)33-29(41)32(17-21-12-9-10-13-22(21)18-32)35-26(38)25-14-11-15-37(25)27(39)24(19-36(6)7)34-30(42)44-31(3,4)5/h9-10,12-13,20,23-25H,11,14-19H2,1-8H3,(H,33,41)(H,34,42)(H,35,38)/t23-,24-,25+/m0/s1. The van der Waals surface area contributed by atoms with E-state index < -0.39 is 59.0 Å². The second-order valence-electron chi connectivity index (χ2n) is 13.5. The van der Waals surface area contributed by atoms with Gasteiger partial charge in [0.1, 0.15) is 29.3 Å². The van der Waals surface area contributed by atoms with Crippen molar-refractivity contribution in [2.75, 3.05) is 34.3 Å². The topological polar surface area (TPSA) is 146 Å². The van der Waals surface area contributed by atoms with E-state index in [0.29, 0.717) is 25.8 Å². The summed E-state index contributed by atoms with van der Waals surface area (Å²) >= 11 is 0. The average molecular weight is 616 g/mol. The van der Waals surface area contributed by atoms with Crippen LogP contribution in [0.25, 0.3) is 0 Å². The number of alkyl carbamates (subject to hydrolysis) is 1. The number of esters is 1. The van der Waals surface area contributed by atoms with E-state index in [4.69, 9.17) is 9.47 Å². The number of hydrogen-bond acceptors (Lipinski definition) is 8. The normalized spacial score (nSPS) is 18.8. The van der Waals surface area contributed by atoms with E-state index in [-0.39, 0.29) is 25.3 Å². The molecular weight excluding hydrogens is 566 g/mol. The maximum absolute atomic E-state index is 14.0. The first-order valence-corrected chi connectivity index (χ1v) is 15.3. The molecule has 0 unspecified atom stereocenters. The number of carbonyl (C=O) groups excluding carboxylic acids is 5. The lowest BCUT2D eigenvalue weighted by molar-refractivity contribution is -0.147. The Morgan fingerprint density at radius 2 is 1.64 bits per heavy atom. The smallest absolute Gasteiger partial charge is 0.408 e. The van der Waals surface area contributed by atoms with Crippen LogP contribution in [0.2, 0.25) is 0 Å². The quantitative estimate of drug-likeness (QED) is 0.320. The molecule has 3 rings (SSSR count). The highest BCUT2D eigenvalue weighted by Gasteiger charge is 2.48. The van der Waals surface area contributed by atoms with Gasteiger partial charge in [0.2, 0.25) is 17.7 Å². The van der Waals surface area contributed by atoms with Crippen molar-refractivity contribution in [1.29, 1.82) is 0 Å². The molecule has 12 heteroatoms. The monoisotopic (exact) mass is 615 g/mol. The van der Waals surface area contributed by atoms with Gasteiger partial charge in [-0.1, -0.05) is 38.1 Å². The summed E-state index contributed by atoms with van der Waals surface area (Å²) in [7, 11) is 4.84. The van der Waals surface area contributed by atoms with Gasteiger partial charge in [-0.2, -0.15) is 0 Å². The highest BCUT2D eigenvalue weighted by molar-refractivity contribution is 5.98. The molecule has 1 aromatic carbocycles. The summed E-state index contributed by atoms with van der Waals surface area (Å²) in [5.41, 5.74) is -0.261. The van der Waals surface area contributed by atoms with E-state index >= 15 is 0 Å². The Bertz CT molecular complexity index is 1200. The van der Waals surface area contributed by atoms with Gasteiger partial charge < -0.3 is 35.2 Å². The summed E-state index contributed by atoms with van der Waals surface area (Å²) in [6.45, 7) is 9.62. The third kappa shape index (κ3) is 8.93. The molecule has 3 N–H and O–H groups in total. The molecule has 0 spiro atoms. The number of benzene rings is 1. The van der Waals surface area contributed by atoms with Crippen LogP contribution in [0.4, 0.5) is 4.79 Å². The van der Waals surface area contributed by atoms with Gasteiger partial charge in [0.05, 0.1) is 7.11 Å². The summed E-state index contributed by atoms with van der Waals surface area (Å²) in [5, 5.41) is 8.54. The van der Waals surface area contributed by atoms with E-state index in [1.165, 1.54) is 12.0 Å². The third-order valence-electron chi connectivity index (χ3n) is 7.77. The molecule has 12 nitrogen and oxygen atoms in total. The zero-order valence-electron chi connectivity index (χ0n) is 27.3. The second kappa shape index (κ2) is 14.4. The molecule has 3 atom stereocenters. The van der Waals surface area contributed by atoms with Crippen molar-refractivity contribution in [3.8, 4) is 0 Å². The molecule has 0 radical (unpaired) electrons. The highest BCUT2D eigenvalue weighted by Crippen LogP contribution is 2.32. The first kappa shape index (κ1) is 34.8. The lowest BCUT2D eigenvalue weighted by atomic mass is 9.92. The van der Waals surface area contributed by atoms with Gasteiger partial charge in [-0.3, -0.25) is 14.4 Å². The number of fused-ring (bicyclic) bond motifs is 1. The number of likely N-dealkylation sites (tertiary alicyclic amines) is 1. The highest BCUT2D eigenvalue weighted by atomic mass is 16.6. The van der Waals surface area contributed by atoms with E-state index in [0.717, 1.165) is 11.1 Å². The molecule has 1 fully saturated rings. The molecule has 0 saturated carbocycles. The average Bonchev–Trinajstić information content (AvgIpc) is 3.55. The maximum atomic E-state index is 14.0. The summed E-state index contributed by atoms with van der Waals surface area (Å²) < 4.78 is 10.3. The fourth-order valence-electron chi connectivity index (χ4n) is 5.87. The van der Waals surface area contributed by atoms with E-state index in [1.54, 1.807) is 39.8 Å². The van der Waals surface area contributed by atoms with Crippen LogP contribution in [0.3, 0.4) is 0 Å². The van der Waals surface area contributed by atoms with Gasteiger partial charge in [-0.15, -0.1) is 0 Å². The SMILES string of the molecule is COC(=O)[C@H](CC(C)C)NC(=O)C1(NC(=O)[C@H]2CCCN2C(=O)[C@H](CN(C)C)NC(=O)OC(C)(C)C)Cc2ccccc2C1. The Labute approximate surface area is 260 Å². The number of nitrogens with zero attached hydrogens (tertiary/aromatic N) is 2. The van der Waals surface area contributed by atoms with Crippen molar-refractivity contribution in [3.05, 3.63) is 35.4 Å². The van der Waals surface area contributed by atoms with Gasteiger partial charge in [0, 0.05) is 25.9 Å². The van der Waals surface area contributed by atoms with Crippen molar-refractivity contribution < 1.29 is 33.4 Å². The summed E-state index contributed by atoms with van der Waals surface area (Å²) in [4.78, 5) is 70.2. The molecule has 44 heavy (non-hydrogen) atoms. The van der Waals surface area contributed by atoms with E-state index in [1.807, 2.05) is 38.1 Å². The fraction of sp³-hybridized carbons (Fsp3) is 0.656. The number of nitrogens with one attached hydrogen (secondary N) is 3. The van der Waals surface area contributed by atoms with Crippen LogP contribution in [0.15, 0.2) is 24.3 Å². The van der Waals surface area contributed by atoms with Crippen LogP contribution in [-0.4, -0.2) is 103 Å². The molecule has 244 valence electrons. The van der Waals surface area contributed by atoms with Crippen LogP contribution >= 0.6 is 0 Å². The Balaban J connectivity index is 1.85. The van der Waals surface area contributed by atoms with E-state index in [9.17, 15) is 24.0 Å². The molecule has 0 aromatic heterocycles. The minimum absolute atomic E-state index is 0.105. The predicted octanol–water partition coefficient (Wildman–Crippen LogP) is 1.79. The van der Waals surface area contributed by atoms with Crippen LogP contribution in [0.5, 0.6) is 0 Å². The second-order valence-corrected chi connectivity index (χ2v) is 13.5. The molecule has 1 aliphatic carbocycles. The summed E-state index contributed by atoms with van der Waals surface area (Å²) in [6.07, 6.45) is 1.11. The number of rotatable bonds is 11. The Morgan fingerprint density at radius 1 is 1.02 bits per heavy atom. The molecule has 1 aliphatic heterocycles. The van der Waals surface area contributed by atoms with Gasteiger partial charge in [-0.25, -0.2) is 9.59 Å². The third-order valence-corrected chi connectivity index (χ3v) is 7.77. The van der Waals surface area contributed by atoms with Crippen molar-refractivity contribution in [2.24, 2.45) is 5.92 Å². The molecule has 1 heterocycles. The van der Waals surface area contributed by atoms with Crippen LogP contribution < -0.4 is 16.0 Å². The summed E-state index contributed by atoms with van der Waals surface area (Å²) in [6, 6.07) is 4.94. The first-order chi connectivity index (χ1) is 20.5. The lowest BCUT2D eigenvalue weighted by Gasteiger charge is -2.35. The molecule has 4 amide bonds. The largest absolute Gasteiger partial charge is 0.467 e. The Kier molecular flexibility index (Phi) is 11.4. The van der Waals surface area contributed by atoms with Crippen LogP contribution in [-0.2, 0) is 41.5 Å². The van der Waals surface area contributed by atoms with Gasteiger partial charge in [0.25, 0.3) is 0 Å². The zero-order chi connectivity index (χ0) is 32.8. The van der Waals surface area contributed by atoms with Gasteiger partial charge >= 0.3 is 12.1 Å². The molecule has 0 bridgehead atoms. The zero-order valence-corrected chi connectivity index (χ0v) is 27.3. The molecule has 1 aromatic rings. The van der Waals surface area contributed by atoms with Gasteiger partial charge in [0.15, 0.2) is 0 Å². The van der Waals surface area contributed by atoms with E-state index in [2.05, 4.69) is 16.0 Å².